The number of piperidine rings is 1. The molecule has 1 atom stereocenters. The lowest BCUT2D eigenvalue weighted by atomic mass is 10.1. The fourth-order valence-corrected chi connectivity index (χ4v) is 2.88. The Bertz CT molecular complexity index is 724. The summed E-state index contributed by atoms with van der Waals surface area (Å²) in [6.07, 6.45) is 4.92. The van der Waals surface area contributed by atoms with Crippen LogP contribution in [0, 0.1) is 0 Å². The van der Waals surface area contributed by atoms with Crippen molar-refractivity contribution in [1.29, 1.82) is 0 Å². The fraction of sp³-hybridized carbons (Fsp3) is 0.421. The van der Waals surface area contributed by atoms with Gasteiger partial charge in [-0.05, 0) is 25.0 Å². The van der Waals surface area contributed by atoms with E-state index in [1.807, 2.05) is 49.3 Å². The maximum Gasteiger partial charge on any atom is 0.260 e. The van der Waals surface area contributed by atoms with E-state index in [1.54, 1.807) is 17.3 Å². The minimum atomic E-state index is -0.0974. The molecule has 1 aliphatic heterocycles. The Morgan fingerprint density at radius 3 is 2.77 bits per heavy atom. The third kappa shape index (κ3) is 4.62. The predicted octanol–water partition coefficient (Wildman–Crippen LogP) is 1.99. The molecule has 1 fully saturated rings. The normalized spacial score (nSPS) is 16.8. The number of carbonyl (C=O) groups is 1. The molecule has 1 aromatic heterocycles. The molecule has 138 valence electrons. The van der Waals surface area contributed by atoms with Gasteiger partial charge in [0.1, 0.15) is 11.9 Å². The molecule has 3 rings (SSSR count). The van der Waals surface area contributed by atoms with Gasteiger partial charge in [-0.3, -0.25) is 4.79 Å². The molecule has 0 saturated carbocycles. The van der Waals surface area contributed by atoms with Crippen LogP contribution >= 0.6 is 0 Å². The lowest BCUT2D eigenvalue weighted by Crippen LogP contribution is -2.46. The second-order valence-electron chi connectivity index (χ2n) is 6.40. The third-order valence-corrected chi connectivity index (χ3v) is 4.18. The van der Waals surface area contributed by atoms with E-state index >= 15 is 0 Å². The summed E-state index contributed by atoms with van der Waals surface area (Å²) in [6, 6.07) is 9.36. The first-order valence-corrected chi connectivity index (χ1v) is 8.74. The predicted molar refractivity (Wildman–Crippen MR) is 98.5 cm³/mol. The number of hydrogen-bond donors (Lipinski definition) is 0. The quantitative estimate of drug-likeness (QED) is 0.789. The van der Waals surface area contributed by atoms with Crippen molar-refractivity contribution in [2.24, 2.45) is 0 Å². The maximum atomic E-state index is 12.5. The highest BCUT2D eigenvalue weighted by Crippen LogP contribution is 2.24. The first-order valence-electron chi connectivity index (χ1n) is 8.74. The first kappa shape index (κ1) is 18.0. The number of hydrogen-bond acceptors (Lipinski definition) is 6. The van der Waals surface area contributed by atoms with Crippen molar-refractivity contribution >= 4 is 11.7 Å². The maximum absolute atomic E-state index is 12.5. The van der Waals surface area contributed by atoms with Gasteiger partial charge < -0.3 is 19.3 Å². The number of ether oxygens (including phenoxy) is 2. The van der Waals surface area contributed by atoms with Crippen LogP contribution in [0.1, 0.15) is 12.8 Å². The molecule has 0 N–H and O–H groups in total. The van der Waals surface area contributed by atoms with Gasteiger partial charge in [-0.25, -0.2) is 9.97 Å². The van der Waals surface area contributed by atoms with E-state index in [0.29, 0.717) is 24.0 Å². The van der Waals surface area contributed by atoms with E-state index in [9.17, 15) is 4.79 Å². The smallest absolute Gasteiger partial charge is 0.260 e. The topological polar surface area (TPSA) is 67.8 Å². The molecule has 1 amide bonds. The second kappa shape index (κ2) is 8.51. The molecule has 1 aromatic carbocycles. The van der Waals surface area contributed by atoms with Crippen LogP contribution in [0.3, 0.4) is 0 Å². The van der Waals surface area contributed by atoms with Gasteiger partial charge in [0, 0.05) is 33.0 Å². The lowest BCUT2D eigenvalue weighted by Gasteiger charge is -2.33. The molecule has 2 aromatic rings. The second-order valence-corrected chi connectivity index (χ2v) is 6.40. The van der Waals surface area contributed by atoms with Crippen molar-refractivity contribution in [2.45, 2.75) is 18.9 Å². The van der Waals surface area contributed by atoms with Crippen LogP contribution in [0.4, 0.5) is 5.82 Å². The number of nitrogens with zero attached hydrogens (tertiary/aromatic N) is 4. The SMILES string of the molecule is CN(C)c1nccnc1OC1CCCN(C(=O)COc2ccccc2)C1. The summed E-state index contributed by atoms with van der Waals surface area (Å²) < 4.78 is 11.6. The highest BCUT2D eigenvalue weighted by Gasteiger charge is 2.26. The number of amides is 1. The summed E-state index contributed by atoms with van der Waals surface area (Å²) >= 11 is 0. The fourth-order valence-electron chi connectivity index (χ4n) is 2.88. The lowest BCUT2D eigenvalue weighted by molar-refractivity contribution is -0.136. The van der Waals surface area contributed by atoms with Crippen LogP contribution in [-0.2, 0) is 4.79 Å². The molecule has 1 unspecified atom stereocenters. The van der Waals surface area contributed by atoms with Crippen LogP contribution in [0.2, 0.25) is 0 Å². The van der Waals surface area contributed by atoms with Crippen LogP contribution in [0.5, 0.6) is 11.6 Å². The number of aromatic nitrogens is 2. The van der Waals surface area contributed by atoms with Crippen LogP contribution in [0.25, 0.3) is 0 Å². The number of anilines is 1. The van der Waals surface area contributed by atoms with E-state index in [-0.39, 0.29) is 18.6 Å². The van der Waals surface area contributed by atoms with Gasteiger partial charge in [0.2, 0.25) is 0 Å². The summed E-state index contributed by atoms with van der Waals surface area (Å²) in [4.78, 5) is 24.7. The van der Waals surface area contributed by atoms with Crippen molar-refractivity contribution in [2.75, 3.05) is 38.7 Å². The Labute approximate surface area is 153 Å². The minimum Gasteiger partial charge on any atom is -0.484 e. The Hall–Kier alpha value is -2.83. The van der Waals surface area contributed by atoms with E-state index in [1.165, 1.54) is 0 Å². The minimum absolute atomic E-state index is 0.0326. The van der Waals surface area contributed by atoms with Gasteiger partial charge in [0.05, 0.1) is 6.54 Å². The van der Waals surface area contributed by atoms with E-state index < -0.39 is 0 Å². The monoisotopic (exact) mass is 356 g/mol. The van der Waals surface area contributed by atoms with Gasteiger partial charge >= 0.3 is 0 Å². The number of rotatable bonds is 6. The van der Waals surface area contributed by atoms with Crippen molar-refractivity contribution in [3.05, 3.63) is 42.7 Å². The van der Waals surface area contributed by atoms with E-state index in [2.05, 4.69) is 9.97 Å². The van der Waals surface area contributed by atoms with Gasteiger partial charge in [-0.2, -0.15) is 0 Å². The number of para-hydroxylation sites is 1. The summed E-state index contributed by atoms with van der Waals surface area (Å²) in [6.45, 7) is 1.28. The molecular formula is C19H24N4O3. The zero-order valence-corrected chi connectivity index (χ0v) is 15.2. The molecule has 0 bridgehead atoms. The van der Waals surface area contributed by atoms with Gasteiger partial charge in [-0.1, -0.05) is 18.2 Å². The van der Waals surface area contributed by atoms with Crippen LogP contribution < -0.4 is 14.4 Å². The van der Waals surface area contributed by atoms with Crippen molar-refractivity contribution in [3.8, 4) is 11.6 Å². The molecular weight excluding hydrogens is 332 g/mol. The third-order valence-electron chi connectivity index (χ3n) is 4.18. The summed E-state index contributed by atoms with van der Waals surface area (Å²) in [7, 11) is 3.79. The van der Waals surface area contributed by atoms with Crippen molar-refractivity contribution in [1.82, 2.24) is 14.9 Å². The molecule has 0 aliphatic carbocycles. The molecule has 7 nitrogen and oxygen atoms in total. The summed E-state index contributed by atoms with van der Waals surface area (Å²) in [5.41, 5.74) is 0. The zero-order valence-electron chi connectivity index (χ0n) is 15.2. The molecule has 1 aliphatic rings. The Morgan fingerprint density at radius 1 is 1.23 bits per heavy atom. The Balaban J connectivity index is 1.56. The average Bonchev–Trinajstić information content (AvgIpc) is 2.67. The van der Waals surface area contributed by atoms with E-state index in [0.717, 1.165) is 19.4 Å². The Morgan fingerprint density at radius 2 is 2.00 bits per heavy atom. The summed E-state index contributed by atoms with van der Waals surface area (Å²) in [5, 5.41) is 0. The standard InChI is InChI=1S/C19H24N4O3/c1-22(2)18-19(21-11-10-20-18)26-16-9-6-12-23(13-16)17(24)14-25-15-7-4-3-5-8-15/h3-5,7-8,10-11,16H,6,9,12-14H2,1-2H3. The van der Waals surface area contributed by atoms with Crippen LogP contribution in [0.15, 0.2) is 42.7 Å². The molecule has 2 heterocycles. The highest BCUT2D eigenvalue weighted by atomic mass is 16.5. The van der Waals surface area contributed by atoms with Crippen molar-refractivity contribution in [3.63, 3.8) is 0 Å². The first-order chi connectivity index (χ1) is 12.6. The number of likely N-dealkylation sites (tertiary alicyclic amines) is 1. The van der Waals surface area contributed by atoms with Gasteiger partial charge in [0.15, 0.2) is 12.4 Å². The molecule has 1 saturated heterocycles. The largest absolute Gasteiger partial charge is 0.484 e. The zero-order chi connectivity index (χ0) is 18.4. The Kier molecular flexibility index (Phi) is 5.88. The molecule has 26 heavy (non-hydrogen) atoms. The highest BCUT2D eigenvalue weighted by molar-refractivity contribution is 5.77. The number of carbonyl (C=O) groups excluding carboxylic acids is 1. The molecule has 0 spiro atoms. The summed E-state index contributed by atoms with van der Waals surface area (Å²) in [5.74, 6) is 1.84. The van der Waals surface area contributed by atoms with E-state index in [4.69, 9.17) is 9.47 Å². The molecule has 7 heteroatoms. The molecule has 0 radical (unpaired) electrons. The van der Waals surface area contributed by atoms with Crippen LogP contribution in [-0.4, -0.2) is 60.7 Å². The average molecular weight is 356 g/mol. The number of benzene rings is 1. The van der Waals surface area contributed by atoms with Crippen molar-refractivity contribution < 1.29 is 14.3 Å². The van der Waals surface area contributed by atoms with Gasteiger partial charge in [0.25, 0.3) is 11.8 Å². The van der Waals surface area contributed by atoms with Gasteiger partial charge in [-0.15, -0.1) is 0 Å².